The average molecular weight is 269 g/mol. The first-order valence-electron chi connectivity index (χ1n) is 6.76. The molecule has 0 fully saturated rings. The van der Waals surface area contributed by atoms with Crippen molar-refractivity contribution in [1.82, 2.24) is 10.3 Å². The monoisotopic (exact) mass is 269 g/mol. The van der Waals surface area contributed by atoms with Crippen LogP contribution in [0.15, 0.2) is 42.7 Å². The van der Waals surface area contributed by atoms with E-state index in [0.717, 1.165) is 23.4 Å². The Kier molecular flexibility index (Phi) is 4.71. The predicted octanol–water partition coefficient (Wildman–Crippen LogP) is 3.27. The van der Waals surface area contributed by atoms with Crippen LogP contribution in [0.5, 0.6) is 0 Å². The summed E-state index contributed by atoms with van der Waals surface area (Å²) in [5.74, 6) is -0.0900. The number of pyridine rings is 1. The number of carbonyl (C=O) groups excluding carboxylic acids is 1. The SMILES string of the molecule is CCCNC(=O)c1cncc(Nc2ccccc2C)c1. The molecule has 0 spiro atoms. The summed E-state index contributed by atoms with van der Waals surface area (Å²) in [5.41, 5.74) is 3.54. The van der Waals surface area contributed by atoms with Gasteiger partial charge in [0.05, 0.1) is 17.4 Å². The largest absolute Gasteiger partial charge is 0.354 e. The molecular formula is C16H19N3O. The molecule has 0 bridgehead atoms. The number of amides is 1. The van der Waals surface area contributed by atoms with E-state index in [9.17, 15) is 4.79 Å². The van der Waals surface area contributed by atoms with Crippen LogP contribution in [0.25, 0.3) is 0 Å². The van der Waals surface area contributed by atoms with Gasteiger partial charge in [-0.05, 0) is 31.0 Å². The molecular weight excluding hydrogens is 250 g/mol. The first-order chi connectivity index (χ1) is 9.70. The quantitative estimate of drug-likeness (QED) is 0.876. The van der Waals surface area contributed by atoms with Gasteiger partial charge < -0.3 is 10.6 Å². The van der Waals surface area contributed by atoms with Gasteiger partial charge >= 0.3 is 0 Å². The summed E-state index contributed by atoms with van der Waals surface area (Å²) in [6, 6.07) is 9.81. The molecule has 2 rings (SSSR count). The molecule has 0 saturated heterocycles. The van der Waals surface area contributed by atoms with Crippen molar-refractivity contribution in [2.75, 3.05) is 11.9 Å². The lowest BCUT2D eigenvalue weighted by molar-refractivity contribution is 0.0953. The highest BCUT2D eigenvalue weighted by Gasteiger charge is 2.06. The molecule has 0 aliphatic heterocycles. The number of benzene rings is 1. The minimum absolute atomic E-state index is 0.0900. The number of nitrogens with one attached hydrogen (secondary N) is 2. The molecule has 4 heteroatoms. The lowest BCUT2D eigenvalue weighted by atomic mass is 10.2. The van der Waals surface area contributed by atoms with Gasteiger partial charge in [-0.3, -0.25) is 9.78 Å². The molecule has 2 aromatic rings. The number of carbonyl (C=O) groups is 1. The fraction of sp³-hybridized carbons (Fsp3) is 0.250. The van der Waals surface area contributed by atoms with E-state index < -0.39 is 0 Å². The van der Waals surface area contributed by atoms with Crippen LogP contribution in [0.4, 0.5) is 11.4 Å². The zero-order valence-corrected chi connectivity index (χ0v) is 11.8. The fourth-order valence-corrected chi connectivity index (χ4v) is 1.84. The van der Waals surface area contributed by atoms with Crippen LogP contribution in [0, 0.1) is 6.92 Å². The van der Waals surface area contributed by atoms with Gasteiger partial charge in [-0.2, -0.15) is 0 Å². The maximum atomic E-state index is 11.9. The zero-order chi connectivity index (χ0) is 14.4. The Hall–Kier alpha value is -2.36. The van der Waals surface area contributed by atoms with E-state index in [1.807, 2.05) is 44.2 Å². The normalized spacial score (nSPS) is 10.1. The predicted molar refractivity (Wildman–Crippen MR) is 81.3 cm³/mol. The Labute approximate surface area is 119 Å². The van der Waals surface area contributed by atoms with Gasteiger partial charge in [-0.25, -0.2) is 0 Å². The molecule has 0 aliphatic carbocycles. The van der Waals surface area contributed by atoms with Gasteiger partial charge in [0, 0.05) is 18.4 Å². The van der Waals surface area contributed by atoms with Crippen molar-refractivity contribution in [3.05, 3.63) is 53.9 Å². The molecule has 20 heavy (non-hydrogen) atoms. The lowest BCUT2D eigenvalue weighted by Gasteiger charge is -2.10. The third-order valence-electron chi connectivity index (χ3n) is 2.96. The summed E-state index contributed by atoms with van der Waals surface area (Å²) in [7, 11) is 0. The molecule has 1 heterocycles. The second-order valence-corrected chi connectivity index (χ2v) is 4.66. The summed E-state index contributed by atoms with van der Waals surface area (Å²) >= 11 is 0. The van der Waals surface area contributed by atoms with E-state index in [-0.39, 0.29) is 5.91 Å². The van der Waals surface area contributed by atoms with E-state index in [2.05, 4.69) is 15.6 Å². The van der Waals surface area contributed by atoms with Crippen LogP contribution < -0.4 is 10.6 Å². The van der Waals surface area contributed by atoms with Crippen molar-refractivity contribution in [3.63, 3.8) is 0 Å². The van der Waals surface area contributed by atoms with Gasteiger partial charge in [-0.15, -0.1) is 0 Å². The van der Waals surface area contributed by atoms with E-state index in [4.69, 9.17) is 0 Å². The Morgan fingerprint density at radius 1 is 1.25 bits per heavy atom. The zero-order valence-electron chi connectivity index (χ0n) is 11.8. The first kappa shape index (κ1) is 14.1. The number of aryl methyl sites for hydroxylation is 1. The summed E-state index contributed by atoms with van der Waals surface area (Å²) in [6.07, 6.45) is 4.21. The van der Waals surface area contributed by atoms with Gasteiger partial charge in [0.25, 0.3) is 5.91 Å². The topological polar surface area (TPSA) is 54.0 Å². The molecule has 1 aromatic carbocycles. The standard InChI is InChI=1S/C16H19N3O/c1-3-8-18-16(20)13-9-14(11-17-10-13)19-15-7-5-4-6-12(15)2/h4-7,9-11,19H,3,8H2,1-2H3,(H,18,20). The second kappa shape index (κ2) is 6.70. The maximum Gasteiger partial charge on any atom is 0.252 e. The van der Waals surface area contributed by atoms with Crippen molar-refractivity contribution in [2.24, 2.45) is 0 Å². The average Bonchev–Trinajstić information content (AvgIpc) is 2.47. The smallest absolute Gasteiger partial charge is 0.252 e. The highest BCUT2D eigenvalue weighted by molar-refractivity contribution is 5.94. The van der Waals surface area contributed by atoms with Crippen molar-refractivity contribution < 1.29 is 4.79 Å². The summed E-state index contributed by atoms with van der Waals surface area (Å²) < 4.78 is 0. The molecule has 0 unspecified atom stereocenters. The van der Waals surface area contributed by atoms with Crippen LogP contribution in [0.1, 0.15) is 29.3 Å². The van der Waals surface area contributed by atoms with E-state index in [1.54, 1.807) is 12.4 Å². The van der Waals surface area contributed by atoms with Crippen molar-refractivity contribution in [1.29, 1.82) is 0 Å². The third-order valence-corrected chi connectivity index (χ3v) is 2.96. The summed E-state index contributed by atoms with van der Waals surface area (Å²) in [4.78, 5) is 16.0. The number of rotatable bonds is 5. The molecule has 0 aliphatic rings. The van der Waals surface area contributed by atoms with Gasteiger partial charge in [0.2, 0.25) is 0 Å². The number of anilines is 2. The Bertz CT molecular complexity index is 596. The first-order valence-corrected chi connectivity index (χ1v) is 6.76. The molecule has 4 nitrogen and oxygen atoms in total. The van der Waals surface area contributed by atoms with Crippen LogP contribution in [-0.4, -0.2) is 17.4 Å². The Morgan fingerprint density at radius 3 is 2.80 bits per heavy atom. The lowest BCUT2D eigenvalue weighted by Crippen LogP contribution is -2.24. The van der Waals surface area contributed by atoms with Crippen LogP contribution in [0.3, 0.4) is 0 Å². The molecule has 1 aromatic heterocycles. The Morgan fingerprint density at radius 2 is 2.05 bits per heavy atom. The minimum atomic E-state index is -0.0900. The Balaban J connectivity index is 2.14. The molecule has 0 radical (unpaired) electrons. The number of nitrogens with zero attached hydrogens (tertiary/aromatic N) is 1. The van der Waals surface area contributed by atoms with E-state index in [0.29, 0.717) is 12.1 Å². The number of para-hydroxylation sites is 1. The fourth-order valence-electron chi connectivity index (χ4n) is 1.84. The summed E-state index contributed by atoms with van der Waals surface area (Å²) in [6.45, 7) is 4.73. The molecule has 2 N–H and O–H groups in total. The second-order valence-electron chi connectivity index (χ2n) is 4.66. The highest BCUT2D eigenvalue weighted by atomic mass is 16.1. The van der Waals surface area contributed by atoms with Crippen molar-refractivity contribution >= 4 is 17.3 Å². The van der Waals surface area contributed by atoms with E-state index in [1.165, 1.54) is 0 Å². The number of aromatic nitrogens is 1. The molecule has 1 amide bonds. The maximum absolute atomic E-state index is 11.9. The number of hydrogen-bond donors (Lipinski definition) is 2. The molecule has 0 saturated carbocycles. The van der Waals surface area contributed by atoms with Crippen LogP contribution in [-0.2, 0) is 0 Å². The minimum Gasteiger partial charge on any atom is -0.354 e. The van der Waals surface area contributed by atoms with Crippen LogP contribution in [0.2, 0.25) is 0 Å². The van der Waals surface area contributed by atoms with Crippen molar-refractivity contribution in [2.45, 2.75) is 20.3 Å². The van der Waals surface area contributed by atoms with Crippen molar-refractivity contribution in [3.8, 4) is 0 Å². The third kappa shape index (κ3) is 3.57. The van der Waals surface area contributed by atoms with Gasteiger partial charge in [0.15, 0.2) is 0 Å². The van der Waals surface area contributed by atoms with Gasteiger partial charge in [0.1, 0.15) is 0 Å². The van der Waals surface area contributed by atoms with Gasteiger partial charge in [-0.1, -0.05) is 25.1 Å². The highest BCUT2D eigenvalue weighted by Crippen LogP contribution is 2.19. The number of hydrogen-bond acceptors (Lipinski definition) is 3. The molecule has 104 valence electrons. The summed E-state index contributed by atoms with van der Waals surface area (Å²) in [5, 5.41) is 6.13. The molecule has 0 atom stereocenters. The van der Waals surface area contributed by atoms with Crippen LogP contribution >= 0.6 is 0 Å². The van der Waals surface area contributed by atoms with E-state index >= 15 is 0 Å².